The Bertz CT molecular complexity index is 1480. The third kappa shape index (κ3) is 4.85. The van der Waals surface area contributed by atoms with E-state index in [1.165, 1.54) is 4.90 Å². The highest BCUT2D eigenvalue weighted by Gasteiger charge is 2.35. The number of aromatic nitrogens is 1. The first-order valence-electron chi connectivity index (χ1n) is 11.4. The van der Waals surface area contributed by atoms with Gasteiger partial charge in [0.05, 0.1) is 25.1 Å². The fraction of sp³-hybridized carbons (Fsp3) is 0.143. The number of benzene rings is 3. The molecular weight excluding hydrogens is 496 g/mol. The number of amides is 2. The second-order valence-corrected chi connectivity index (χ2v) is 9.55. The van der Waals surface area contributed by atoms with Crippen LogP contribution in [0.3, 0.4) is 0 Å². The van der Waals surface area contributed by atoms with Gasteiger partial charge in [0.25, 0.3) is 11.1 Å². The Balaban J connectivity index is 1.37. The molecule has 0 unspecified atom stereocenters. The van der Waals surface area contributed by atoms with Gasteiger partial charge in [0.1, 0.15) is 6.61 Å². The Morgan fingerprint density at radius 3 is 2.47 bits per heavy atom. The maximum absolute atomic E-state index is 13.1. The van der Waals surface area contributed by atoms with Crippen LogP contribution in [0.2, 0.25) is 5.02 Å². The zero-order valence-electron chi connectivity index (χ0n) is 19.5. The summed E-state index contributed by atoms with van der Waals surface area (Å²) in [5, 5.41) is 1.21. The number of halogens is 1. The molecule has 0 saturated carbocycles. The number of carbonyl (C=O) groups is 2. The molecule has 8 heteroatoms. The van der Waals surface area contributed by atoms with Crippen molar-refractivity contribution in [1.82, 2.24) is 9.47 Å². The van der Waals surface area contributed by atoms with Gasteiger partial charge in [-0.2, -0.15) is 0 Å². The van der Waals surface area contributed by atoms with Gasteiger partial charge in [0.2, 0.25) is 0 Å². The number of nitrogens with zero attached hydrogens (tertiary/aromatic N) is 2. The number of para-hydroxylation sites is 3. The van der Waals surface area contributed by atoms with Gasteiger partial charge in [0.15, 0.2) is 11.5 Å². The van der Waals surface area contributed by atoms with Crippen molar-refractivity contribution in [1.29, 1.82) is 0 Å². The Morgan fingerprint density at radius 2 is 1.67 bits per heavy atom. The van der Waals surface area contributed by atoms with Crippen LogP contribution in [-0.4, -0.2) is 34.3 Å². The standard InChI is InChI=1S/C28H23ClN2O4S/c1-34-24-12-6-7-13-25(24)35-15-14-30-17-20(21-9-3-5-11-23(21)30)16-26-27(32)31(28(33)36-26)18-19-8-2-4-10-22(19)29/h2-13,16-17H,14-15,18H2,1H3/b26-16-. The van der Waals surface area contributed by atoms with Crippen LogP contribution in [0.5, 0.6) is 11.5 Å². The van der Waals surface area contributed by atoms with Gasteiger partial charge in [-0.05, 0) is 47.7 Å². The van der Waals surface area contributed by atoms with Crippen LogP contribution in [0.15, 0.2) is 83.9 Å². The van der Waals surface area contributed by atoms with Gasteiger partial charge in [-0.25, -0.2) is 0 Å². The quantitative estimate of drug-likeness (QED) is 0.245. The van der Waals surface area contributed by atoms with Crippen molar-refractivity contribution in [2.45, 2.75) is 13.1 Å². The molecule has 1 aliphatic heterocycles. The number of carbonyl (C=O) groups excluding carboxylic acids is 2. The fourth-order valence-corrected chi connectivity index (χ4v) is 5.17. The van der Waals surface area contributed by atoms with E-state index in [2.05, 4.69) is 4.57 Å². The number of methoxy groups -OCH3 is 1. The average Bonchev–Trinajstić information content (AvgIpc) is 3.37. The number of imide groups is 1. The molecule has 1 fully saturated rings. The van der Waals surface area contributed by atoms with E-state index < -0.39 is 0 Å². The smallest absolute Gasteiger partial charge is 0.293 e. The number of thioether (sulfide) groups is 1. The lowest BCUT2D eigenvalue weighted by Crippen LogP contribution is -2.27. The lowest BCUT2D eigenvalue weighted by Gasteiger charge is -2.13. The molecule has 0 atom stereocenters. The summed E-state index contributed by atoms with van der Waals surface area (Å²) in [6.07, 6.45) is 3.77. The molecule has 36 heavy (non-hydrogen) atoms. The van der Waals surface area contributed by atoms with E-state index in [1.54, 1.807) is 19.3 Å². The molecule has 0 spiro atoms. The monoisotopic (exact) mass is 518 g/mol. The largest absolute Gasteiger partial charge is 0.493 e. The van der Waals surface area contributed by atoms with E-state index in [0.29, 0.717) is 34.6 Å². The van der Waals surface area contributed by atoms with Gasteiger partial charge in [-0.1, -0.05) is 60.1 Å². The van der Waals surface area contributed by atoms with Crippen molar-refractivity contribution < 1.29 is 19.1 Å². The molecular formula is C28H23ClN2O4S. The first-order valence-corrected chi connectivity index (χ1v) is 12.6. The maximum Gasteiger partial charge on any atom is 0.293 e. The zero-order valence-corrected chi connectivity index (χ0v) is 21.1. The van der Waals surface area contributed by atoms with Gasteiger partial charge in [0, 0.05) is 27.7 Å². The molecule has 1 aliphatic rings. The number of hydrogen-bond acceptors (Lipinski definition) is 5. The number of rotatable bonds is 8. The summed E-state index contributed by atoms with van der Waals surface area (Å²) < 4.78 is 13.4. The van der Waals surface area contributed by atoms with Crippen LogP contribution in [0, 0.1) is 0 Å². The summed E-state index contributed by atoms with van der Waals surface area (Å²) in [4.78, 5) is 27.4. The lowest BCUT2D eigenvalue weighted by molar-refractivity contribution is -0.123. The van der Waals surface area contributed by atoms with Crippen LogP contribution < -0.4 is 9.47 Å². The van der Waals surface area contributed by atoms with Crippen molar-refractivity contribution in [3.05, 3.63) is 100 Å². The molecule has 0 aliphatic carbocycles. The average molecular weight is 519 g/mol. The van der Waals surface area contributed by atoms with Gasteiger partial charge in [-0.3, -0.25) is 14.5 Å². The third-order valence-electron chi connectivity index (χ3n) is 5.92. The molecule has 3 aromatic carbocycles. The first-order chi connectivity index (χ1) is 17.5. The molecule has 5 rings (SSSR count). The molecule has 2 amide bonds. The van der Waals surface area contributed by atoms with E-state index in [-0.39, 0.29) is 17.7 Å². The van der Waals surface area contributed by atoms with Crippen molar-refractivity contribution >= 4 is 51.5 Å². The second kappa shape index (κ2) is 10.5. The predicted octanol–water partition coefficient (Wildman–Crippen LogP) is 6.62. The molecule has 1 saturated heterocycles. The first kappa shape index (κ1) is 24.0. The van der Waals surface area contributed by atoms with Crippen LogP contribution >= 0.6 is 23.4 Å². The molecule has 0 radical (unpaired) electrons. The number of fused-ring (bicyclic) bond motifs is 1. The summed E-state index contributed by atoms with van der Waals surface area (Å²) >= 11 is 7.19. The Hall–Kier alpha value is -3.68. The van der Waals surface area contributed by atoms with Crippen LogP contribution in [0.1, 0.15) is 11.1 Å². The van der Waals surface area contributed by atoms with Crippen molar-refractivity contribution in [3.63, 3.8) is 0 Å². The normalized spacial score (nSPS) is 14.7. The summed E-state index contributed by atoms with van der Waals surface area (Å²) in [5.74, 6) is 1.05. The van der Waals surface area contributed by atoms with Crippen molar-refractivity contribution in [3.8, 4) is 11.5 Å². The maximum atomic E-state index is 13.1. The minimum atomic E-state index is -0.318. The van der Waals surface area contributed by atoms with Crippen LogP contribution in [0.4, 0.5) is 4.79 Å². The Morgan fingerprint density at radius 1 is 0.944 bits per heavy atom. The Kier molecular flexibility index (Phi) is 7.02. The SMILES string of the molecule is COc1ccccc1OCCn1cc(/C=C2\SC(=O)N(Cc3ccccc3Cl)C2=O)c2ccccc21. The number of ether oxygens (including phenoxy) is 2. The topological polar surface area (TPSA) is 60.8 Å². The summed E-state index contributed by atoms with van der Waals surface area (Å²) in [5.41, 5.74) is 2.61. The third-order valence-corrected chi connectivity index (χ3v) is 7.20. The molecule has 4 aromatic rings. The van der Waals surface area contributed by atoms with E-state index in [0.717, 1.165) is 33.8 Å². The van der Waals surface area contributed by atoms with Gasteiger partial charge < -0.3 is 14.0 Å². The van der Waals surface area contributed by atoms with Gasteiger partial charge in [-0.15, -0.1) is 0 Å². The van der Waals surface area contributed by atoms with E-state index in [9.17, 15) is 9.59 Å². The van der Waals surface area contributed by atoms with E-state index in [1.807, 2.05) is 72.9 Å². The fourth-order valence-electron chi connectivity index (χ4n) is 4.14. The molecule has 2 heterocycles. The molecule has 0 N–H and O–H groups in total. The highest BCUT2D eigenvalue weighted by molar-refractivity contribution is 8.18. The van der Waals surface area contributed by atoms with E-state index in [4.69, 9.17) is 21.1 Å². The molecule has 182 valence electrons. The zero-order chi connectivity index (χ0) is 25.1. The highest BCUT2D eigenvalue weighted by Crippen LogP contribution is 2.35. The highest BCUT2D eigenvalue weighted by atomic mass is 35.5. The van der Waals surface area contributed by atoms with Crippen molar-refractivity contribution in [2.75, 3.05) is 13.7 Å². The Labute approximate surface area is 218 Å². The number of hydrogen-bond donors (Lipinski definition) is 0. The van der Waals surface area contributed by atoms with Gasteiger partial charge >= 0.3 is 0 Å². The summed E-state index contributed by atoms with van der Waals surface area (Å²) in [6, 6.07) is 22.7. The van der Waals surface area contributed by atoms with Crippen LogP contribution in [0.25, 0.3) is 17.0 Å². The van der Waals surface area contributed by atoms with Crippen molar-refractivity contribution in [2.24, 2.45) is 0 Å². The summed E-state index contributed by atoms with van der Waals surface area (Å²) in [7, 11) is 1.62. The second-order valence-electron chi connectivity index (χ2n) is 8.15. The minimum absolute atomic E-state index is 0.143. The minimum Gasteiger partial charge on any atom is -0.493 e. The van der Waals surface area contributed by atoms with E-state index >= 15 is 0 Å². The molecule has 6 nitrogen and oxygen atoms in total. The summed E-state index contributed by atoms with van der Waals surface area (Å²) in [6.45, 7) is 1.18. The molecule has 1 aromatic heterocycles. The van der Waals surface area contributed by atoms with Crippen LogP contribution in [-0.2, 0) is 17.9 Å². The lowest BCUT2D eigenvalue weighted by atomic mass is 10.1. The molecule has 0 bridgehead atoms. The predicted molar refractivity (Wildman–Crippen MR) is 143 cm³/mol.